The Bertz CT molecular complexity index is 1120. The Morgan fingerprint density at radius 3 is 2.58 bits per heavy atom. The van der Waals surface area contributed by atoms with Crippen LogP contribution in [0, 0.1) is 13.8 Å². The standard InChI is InChI=1S/C26H31N3OS/c1-18-13-19(2)24-21(14-18)15-22(25(30)28-24)17-29(23-11-7-4-8-12-23)26(31)27-16-20-9-5-3-6-10-20/h3,5-6,9-10,13-15,23H,4,7-8,11-12,16-17H2,1-2H3,(H,27,31)(H,28,30). The smallest absolute Gasteiger partial charge is 0.253 e. The largest absolute Gasteiger partial charge is 0.358 e. The van der Waals surface area contributed by atoms with Gasteiger partial charge in [-0.3, -0.25) is 4.79 Å². The highest BCUT2D eigenvalue weighted by atomic mass is 32.1. The van der Waals surface area contributed by atoms with Crippen molar-refractivity contribution in [3.05, 3.63) is 81.1 Å². The van der Waals surface area contributed by atoms with E-state index < -0.39 is 0 Å². The number of thiocarbonyl (C=S) groups is 1. The number of aromatic nitrogens is 1. The number of aryl methyl sites for hydroxylation is 2. The van der Waals surface area contributed by atoms with E-state index in [1.807, 2.05) is 31.2 Å². The Hall–Kier alpha value is -2.66. The second-order valence-corrected chi connectivity index (χ2v) is 9.12. The lowest BCUT2D eigenvalue weighted by Crippen LogP contribution is -2.46. The summed E-state index contributed by atoms with van der Waals surface area (Å²) in [6.07, 6.45) is 5.96. The van der Waals surface area contributed by atoms with Crippen molar-refractivity contribution in [3.8, 4) is 0 Å². The highest BCUT2D eigenvalue weighted by molar-refractivity contribution is 7.80. The van der Waals surface area contributed by atoms with Gasteiger partial charge in [0.1, 0.15) is 0 Å². The van der Waals surface area contributed by atoms with Gasteiger partial charge in [0.05, 0.1) is 12.1 Å². The first-order valence-electron chi connectivity index (χ1n) is 11.2. The molecule has 4 nitrogen and oxygen atoms in total. The summed E-state index contributed by atoms with van der Waals surface area (Å²) in [6, 6.07) is 17.0. The molecule has 4 rings (SSSR count). The number of rotatable bonds is 5. The summed E-state index contributed by atoms with van der Waals surface area (Å²) in [7, 11) is 0. The molecule has 1 heterocycles. The van der Waals surface area contributed by atoms with E-state index in [1.54, 1.807) is 0 Å². The van der Waals surface area contributed by atoms with Gasteiger partial charge in [0.15, 0.2) is 5.11 Å². The maximum atomic E-state index is 12.9. The zero-order chi connectivity index (χ0) is 21.8. The summed E-state index contributed by atoms with van der Waals surface area (Å²) in [5, 5.41) is 5.25. The second kappa shape index (κ2) is 9.65. The van der Waals surface area contributed by atoms with Crippen LogP contribution in [-0.2, 0) is 13.1 Å². The summed E-state index contributed by atoms with van der Waals surface area (Å²) in [4.78, 5) is 18.3. The van der Waals surface area contributed by atoms with Crippen LogP contribution < -0.4 is 10.9 Å². The number of hydrogen-bond donors (Lipinski definition) is 2. The fourth-order valence-corrected chi connectivity index (χ4v) is 4.95. The molecule has 162 valence electrons. The lowest BCUT2D eigenvalue weighted by Gasteiger charge is -2.36. The van der Waals surface area contributed by atoms with E-state index in [4.69, 9.17) is 12.2 Å². The molecule has 1 aromatic heterocycles. The lowest BCUT2D eigenvalue weighted by atomic mass is 9.94. The van der Waals surface area contributed by atoms with Gasteiger partial charge in [-0.2, -0.15) is 0 Å². The quantitative estimate of drug-likeness (QED) is 0.532. The van der Waals surface area contributed by atoms with Crippen LogP contribution in [0.1, 0.15) is 54.4 Å². The van der Waals surface area contributed by atoms with Gasteiger partial charge in [0, 0.05) is 18.2 Å². The van der Waals surface area contributed by atoms with Crippen LogP contribution in [0.3, 0.4) is 0 Å². The number of aromatic amines is 1. The molecule has 2 aromatic carbocycles. The molecule has 31 heavy (non-hydrogen) atoms. The van der Waals surface area contributed by atoms with E-state index >= 15 is 0 Å². The fourth-order valence-electron chi connectivity index (χ4n) is 4.67. The van der Waals surface area contributed by atoms with Crippen molar-refractivity contribution in [1.82, 2.24) is 15.2 Å². The second-order valence-electron chi connectivity index (χ2n) is 8.73. The number of nitrogens with one attached hydrogen (secondary N) is 2. The average molecular weight is 434 g/mol. The van der Waals surface area contributed by atoms with E-state index in [9.17, 15) is 4.79 Å². The summed E-state index contributed by atoms with van der Waals surface area (Å²) in [5.41, 5.74) is 5.17. The van der Waals surface area contributed by atoms with Gasteiger partial charge in [-0.25, -0.2) is 0 Å². The number of H-pyrrole nitrogens is 1. The SMILES string of the molecule is Cc1cc(C)c2[nH]c(=O)c(CN(C(=S)NCc3ccccc3)C3CCCCC3)cc2c1. The van der Waals surface area contributed by atoms with Gasteiger partial charge in [0.25, 0.3) is 5.56 Å². The molecular weight excluding hydrogens is 402 g/mol. The highest BCUT2D eigenvalue weighted by Crippen LogP contribution is 2.25. The van der Waals surface area contributed by atoms with Crippen LogP contribution in [-0.4, -0.2) is 21.0 Å². The van der Waals surface area contributed by atoms with Gasteiger partial charge >= 0.3 is 0 Å². The van der Waals surface area contributed by atoms with E-state index in [0.717, 1.165) is 40.0 Å². The molecule has 0 bridgehead atoms. The van der Waals surface area contributed by atoms with Crippen molar-refractivity contribution in [2.45, 2.75) is 65.1 Å². The van der Waals surface area contributed by atoms with E-state index in [1.165, 1.54) is 30.4 Å². The first kappa shape index (κ1) is 21.6. The summed E-state index contributed by atoms with van der Waals surface area (Å²) < 4.78 is 0. The predicted molar refractivity (Wildman–Crippen MR) is 132 cm³/mol. The molecule has 0 spiro atoms. The Morgan fingerprint density at radius 2 is 1.84 bits per heavy atom. The molecule has 1 saturated carbocycles. The average Bonchev–Trinajstić information content (AvgIpc) is 2.78. The van der Waals surface area contributed by atoms with Crippen molar-refractivity contribution >= 4 is 28.2 Å². The van der Waals surface area contributed by atoms with Gasteiger partial charge in [-0.1, -0.05) is 61.2 Å². The van der Waals surface area contributed by atoms with Crippen molar-refractivity contribution in [2.24, 2.45) is 0 Å². The van der Waals surface area contributed by atoms with Gasteiger partial charge in [0.2, 0.25) is 0 Å². The Morgan fingerprint density at radius 1 is 1.10 bits per heavy atom. The molecule has 3 aromatic rings. The maximum absolute atomic E-state index is 12.9. The van der Waals surface area contributed by atoms with E-state index in [0.29, 0.717) is 19.1 Å². The van der Waals surface area contributed by atoms with E-state index in [-0.39, 0.29) is 5.56 Å². The molecular formula is C26H31N3OS. The van der Waals surface area contributed by atoms with Crippen molar-refractivity contribution in [2.75, 3.05) is 0 Å². The first-order chi connectivity index (χ1) is 15.0. The minimum atomic E-state index is -0.0221. The van der Waals surface area contributed by atoms with E-state index in [2.05, 4.69) is 46.4 Å². The summed E-state index contributed by atoms with van der Waals surface area (Å²) in [5.74, 6) is 0. The number of benzene rings is 2. The Labute approximate surface area is 189 Å². The van der Waals surface area contributed by atoms with Crippen molar-refractivity contribution in [3.63, 3.8) is 0 Å². The molecule has 1 fully saturated rings. The van der Waals surface area contributed by atoms with Crippen LogP contribution in [0.2, 0.25) is 0 Å². The molecule has 5 heteroatoms. The fraction of sp³-hybridized carbons (Fsp3) is 0.385. The molecule has 0 aliphatic heterocycles. The minimum absolute atomic E-state index is 0.0221. The van der Waals surface area contributed by atoms with Crippen molar-refractivity contribution in [1.29, 1.82) is 0 Å². The van der Waals surface area contributed by atoms with Gasteiger partial charge in [-0.15, -0.1) is 0 Å². The van der Waals surface area contributed by atoms with Gasteiger partial charge in [-0.05, 0) is 67.6 Å². The number of nitrogens with zero attached hydrogens (tertiary/aromatic N) is 1. The monoisotopic (exact) mass is 433 g/mol. The van der Waals surface area contributed by atoms with Crippen LogP contribution in [0.4, 0.5) is 0 Å². The lowest BCUT2D eigenvalue weighted by molar-refractivity contribution is 0.234. The minimum Gasteiger partial charge on any atom is -0.358 e. The van der Waals surface area contributed by atoms with Crippen LogP contribution >= 0.6 is 12.2 Å². The Kier molecular flexibility index (Phi) is 6.71. The molecule has 0 atom stereocenters. The number of pyridine rings is 1. The first-order valence-corrected chi connectivity index (χ1v) is 11.6. The highest BCUT2D eigenvalue weighted by Gasteiger charge is 2.24. The number of hydrogen-bond acceptors (Lipinski definition) is 2. The molecule has 1 aliphatic rings. The van der Waals surface area contributed by atoms with Crippen molar-refractivity contribution < 1.29 is 0 Å². The Balaban J connectivity index is 1.60. The van der Waals surface area contributed by atoms with Gasteiger partial charge < -0.3 is 15.2 Å². The van der Waals surface area contributed by atoms with Crippen LogP contribution in [0.5, 0.6) is 0 Å². The summed E-state index contributed by atoms with van der Waals surface area (Å²) >= 11 is 5.84. The zero-order valence-electron chi connectivity index (χ0n) is 18.4. The third kappa shape index (κ3) is 5.16. The predicted octanol–water partition coefficient (Wildman–Crippen LogP) is 5.35. The van der Waals surface area contributed by atoms with Crippen LogP contribution in [0.15, 0.2) is 53.3 Å². The molecule has 1 aliphatic carbocycles. The molecule has 0 saturated heterocycles. The zero-order valence-corrected chi connectivity index (χ0v) is 19.2. The molecule has 2 N–H and O–H groups in total. The third-order valence-corrected chi connectivity index (χ3v) is 6.65. The number of fused-ring (bicyclic) bond motifs is 1. The summed E-state index contributed by atoms with van der Waals surface area (Å²) in [6.45, 7) is 5.36. The molecule has 0 unspecified atom stereocenters. The maximum Gasteiger partial charge on any atom is 0.253 e. The molecule has 0 radical (unpaired) electrons. The topological polar surface area (TPSA) is 48.1 Å². The van der Waals surface area contributed by atoms with Crippen LogP contribution in [0.25, 0.3) is 10.9 Å². The third-order valence-electron chi connectivity index (χ3n) is 6.27. The normalized spacial score (nSPS) is 14.5. The molecule has 0 amide bonds.